The number of nitrogens with two attached hydrogens (primary N) is 1. The SMILES string of the molecule is C=CC(=O)Nc1ccc(C(=O)Nc2cccc(Cl)c2)c(N)c1.Cl. The monoisotopic (exact) mass is 351 g/mol. The van der Waals surface area contributed by atoms with Crippen LogP contribution in [-0.2, 0) is 4.79 Å². The molecule has 7 heteroatoms. The van der Waals surface area contributed by atoms with Crippen LogP contribution >= 0.6 is 24.0 Å². The van der Waals surface area contributed by atoms with Crippen LogP contribution in [0.4, 0.5) is 17.1 Å². The molecule has 0 aromatic heterocycles. The molecule has 2 amide bonds. The first kappa shape index (κ1) is 18.5. The number of anilines is 3. The largest absolute Gasteiger partial charge is 0.398 e. The molecule has 23 heavy (non-hydrogen) atoms. The molecule has 2 rings (SSSR count). The van der Waals surface area contributed by atoms with Gasteiger partial charge in [0.2, 0.25) is 5.91 Å². The van der Waals surface area contributed by atoms with Gasteiger partial charge in [-0.25, -0.2) is 0 Å². The van der Waals surface area contributed by atoms with Gasteiger partial charge in [0.05, 0.1) is 5.56 Å². The maximum atomic E-state index is 12.2. The van der Waals surface area contributed by atoms with E-state index in [1.54, 1.807) is 30.3 Å². The molecule has 4 N–H and O–H groups in total. The number of carbonyl (C=O) groups excluding carboxylic acids is 2. The van der Waals surface area contributed by atoms with Gasteiger partial charge in [-0.2, -0.15) is 0 Å². The summed E-state index contributed by atoms with van der Waals surface area (Å²) in [4.78, 5) is 23.4. The Morgan fingerprint density at radius 3 is 2.39 bits per heavy atom. The van der Waals surface area contributed by atoms with Gasteiger partial charge in [0.1, 0.15) is 0 Å². The van der Waals surface area contributed by atoms with Crippen molar-refractivity contribution in [3.8, 4) is 0 Å². The van der Waals surface area contributed by atoms with Crippen LogP contribution in [0.3, 0.4) is 0 Å². The second-order valence-electron chi connectivity index (χ2n) is 4.46. The fourth-order valence-electron chi connectivity index (χ4n) is 1.81. The van der Waals surface area contributed by atoms with Gasteiger partial charge in [0.15, 0.2) is 0 Å². The lowest BCUT2D eigenvalue weighted by atomic mass is 10.1. The number of benzene rings is 2. The van der Waals surface area contributed by atoms with E-state index in [1.165, 1.54) is 12.1 Å². The lowest BCUT2D eigenvalue weighted by molar-refractivity contribution is -0.111. The highest BCUT2D eigenvalue weighted by molar-refractivity contribution is 6.31. The first-order valence-electron chi connectivity index (χ1n) is 6.39. The number of nitrogen functional groups attached to an aromatic ring is 1. The van der Waals surface area contributed by atoms with Crippen molar-refractivity contribution in [1.29, 1.82) is 0 Å². The van der Waals surface area contributed by atoms with E-state index in [2.05, 4.69) is 17.2 Å². The summed E-state index contributed by atoms with van der Waals surface area (Å²) in [6.45, 7) is 3.36. The van der Waals surface area contributed by atoms with Gasteiger partial charge in [0, 0.05) is 22.1 Å². The van der Waals surface area contributed by atoms with Crippen molar-refractivity contribution in [2.24, 2.45) is 0 Å². The van der Waals surface area contributed by atoms with E-state index in [0.717, 1.165) is 6.08 Å². The second-order valence-corrected chi connectivity index (χ2v) is 4.90. The first-order valence-corrected chi connectivity index (χ1v) is 6.77. The summed E-state index contributed by atoms with van der Waals surface area (Å²) in [5, 5.41) is 5.80. The van der Waals surface area contributed by atoms with Gasteiger partial charge >= 0.3 is 0 Å². The Hall–Kier alpha value is -2.50. The number of hydrogen-bond donors (Lipinski definition) is 3. The van der Waals surface area contributed by atoms with Crippen LogP contribution in [0.15, 0.2) is 55.1 Å². The summed E-state index contributed by atoms with van der Waals surface area (Å²) in [7, 11) is 0. The normalized spacial score (nSPS) is 9.43. The minimum atomic E-state index is -0.360. The number of nitrogens with one attached hydrogen (secondary N) is 2. The molecule has 0 aliphatic carbocycles. The van der Waals surface area contributed by atoms with Crippen molar-refractivity contribution < 1.29 is 9.59 Å². The zero-order chi connectivity index (χ0) is 16.1. The maximum Gasteiger partial charge on any atom is 0.257 e. The highest BCUT2D eigenvalue weighted by Gasteiger charge is 2.11. The lowest BCUT2D eigenvalue weighted by Crippen LogP contribution is -2.15. The molecule has 0 unspecified atom stereocenters. The molecule has 2 aromatic rings. The Morgan fingerprint density at radius 2 is 1.78 bits per heavy atom. The molecule has 0 aliphatic heterocycles. The van der Waals surface area contributed by atoms with E-state index in [1.807, 2.05) is 0 Å². The standard InChI is InChI=1S/C16H14ClN3O2.ClH/c1-2-15(21)19-12-6-7-13(14(18)9-12)16(22)20-11-5-3-4-10(17)8-11;/h2-9H,1,18H2,(H,19,21)(H,20,22);1H. The van der Waals surface area contributed by atoms with Crippen LogP contribution in [0, 0.1) is 0 Å². The van der Waals surface area contributed by atoms with E-state index < -0.39 is 0 Å². The molecule has 0 fully saturated rings. The van der Waals surface area contributed by atoms with Crippen LogP contribution < -0.4 is 16.4 Å². The summed E-state index contributed by atoms with van der Waals surface area (Å²) in [5.41, 5.74) is 7.47. The van der Waals surface area contributed by atoms with Crippen molar-refractivity contribution >= 4 is 52.9 Å². The zero-order valence-corrected chi connectivity index (χ0v) is 13.6. The number of amides is 2. The molecule has 0 spiro atoms. The van der Waals surface area contributed by atoms with Gasteiger partial charge < -0.3 is 16.4 Å². The Labute approximate surface area is 144 Å². The average molecular weight is 352 g/mol. The minimum Gasteiger partial charge on any atom is -0.398 e. The molecule has 0 saturated heterocycles. The number of halogens is 2. The van der Waals surface area contributed by atoms with Gasteiger partial charge in [-0.3, -0.25) is 9.59 Å². The minimum absolute atomic E-state index is 0. The average Bonchev–Trinajstić information content (AvgIpc) is 2.47. The quantitative estimate of drug-likeness (QED) is 0.579. The van der Waals surface area contributed by atoms with Crippen LogP contribution in [0.1, 0.15) is 10.4 Å². The molecule has 2 aromatic carbocycles. The topological polar surface area (TPSA) is 84.2 Å². The van der Waals surface area contributed by atoms with Gasteiger partial charge in [-0.15, -0.1) is 12.4 Å². The van der Waals surface area contributed by atoms with E-state index >= 15 is 0 Å². The van der Waals surface area contributed by atoms with E-state index in [4.69, 9.17) is 17.3 Å². The Balaban J connectivity index is 0.00000264. The Kier molecular flexibility index (Phi) is 6.63. The van der Waals surface area contributed by atoms with E-state index in [-0.39, 0.29) is 29.9 Å². The van der Waals surface area contributed by atoms with Crippen molar-refractivity contribution in [3.05, 3.63) is 65.7 Å². The molecular weight excluding hydrogens is 337 g/mol. The molecule has 0 heterocycles. The third-order valence-corrected chi connectivity index (χ3v) is 3.07. The third kappa shape index (κ3) is 5.02. The fraction of sp³-hybridized carbons (Fsp3) is 0. The van der Waals surface area contributed by atoms with Crippen LogP contribution in [0.25, 0.3) is 0 Å². The summed E-state index contributed by atoms with van der Waals surface area (Å²) in [6, 6.07) is 11.4. The highest BCUT2D eigenvalue weighted by Crippen LogP contribution is 2.21. The second kappa shape index (κ2) is 8.22. The number of carbonyl (C=O) groups is 2. The van der Waals surface area contributed by atoms with Crippen LogP contribution in [-0.4, -0.2) is 11.8 Å². The van der Waals surface area contributed by atoms with Gasteiger partial charge in [0.25, 0.3) is 5.91 Å². The molecule has 0 saturated carbocycles. The van der Waals surface area contributed by atoms with Crippen LogP contribution in [0.5, 0.6) is 0 Å². The van der Waals surface area contributed by atoms with E-state index in [9.17, 15) is 9.59 Å². The first-order chi connectivity index (χ1) is 10.5. The zero-order valence-electron chi connectivity index (χ0n) is 12.0. The summed E-state index contributed by atoms with van der Waals surface area (Å²) in [5.74, 6) is -0.711. The van der Waals surface area contributed by atoms with Crippen molar-refractivity contribution in [3.63, 3.8) is 0 Å². The smallest absolute Gasteiger partial charge is 0.257 e. The molecule has 0 radical (unpaired) electrons. The van der Waals surface area contributed by atoms with Crippen molar-refractivity contribution in [1.82, 2.24) is 0 Å². The third-order valence-electron chi connectivity index (χ3n) is 2.83. The fourth-order valence-corrected chi connectivity index (χ4v) is 2.00. The summed E-state index contributed by atoms with van der Waals surface area (Å²) < 4.78 is 0. The number of rotatable bonds is 4. The predicted octanol–water partition coefficient (Wildman–Crippen LogP) is 3.72. The Morgan fingerprint density at radius 1 is 1.09 bits per heavy atom. The van der Waals surface area contributed by atoms with Gasteiger partial charge in [-0.1, -0.05) is 24.2 Å². The maximum absolute atomic E-state index is 12.2. The van der Waals surface area contributed by atoms with Crippen LogP contribution in [0.2, 0.25) is 5.02 Å². The van der Waals surface area contributed by atoms with E-state index in [0.29, 0.717) is 22.0 Å². The summed E-state index contributed by atoms with van der Waals surface area (Å²) in [6.07, 6.45) is 1.15. The molecule has 120 valence electrons. The molecule has 0 bridgehead atoms. The molecular formula is C16H15Cl2N3O2. The van der Waals surface area contributed by atoms with Crippen molar-refractivity contribution in [2.45, 2.75) is 0 Å². The van der Waals surface area contributed by atoms with Gasteiger partial charge in [-0.05, 0) is 42.5 Å². The molecule has 5 nitrogen and oxygen atoms in total. The molecule has 0 atom stereocenters. The highest BCUT2D eigenvalue weighted by atomic mass is 35.5. The summed E-state index contributed by atoms with van der Waals surface area (Å²) >= 11 is 5.86. The number of hydrogen-bond acceptors (Lipinski definition) is 3. The molecule has 0 aliphatic rings. The van der Waals surface area contributed by atoms with Crippen molar-refractivity contribution in [2.75, 3.05) is 16.4 Å². The Bertz CT molecular complexity index is 748. The lowest BCUT2D eigenvalue weighted by Gasteiger charge is -2.10. The predicted molar refractivity (Wildman–Crippen MR) is 96.3 cm³/mol.